The lowest BCUT2D eigenvalue weighted by molar-refractivity contribution is -0.384. The summed E-state index contributed by atoms with van der Waals surface area (Å²) in [5.74, 6) is -0.715. The highest BCUT2D eigenvalue weighted by Gasteiger charge is 2.27. The summed E-state index contributed by atoms with van der Waals surface area (Å²) in [6.45, 7) is 5.23. The van der Waals surface area contributed by atoms with E-state index in [0.717, 1.165) is 18.4 Å². The summed E-state index contributed by atoms with van der Waals surface area (Å²) in [4.78, 5) is 51.7. The Morgan fingerprint density at radius 1 is 0.971 bits per heavy atom. The van der Waals surface area contributed by atoms with Crippen LogP contribution in [-0.2, 0) is 4.79 Å². The topological polar surface area (TPSA) is 125 Å². The van der Waals surface area contributed by atoms with Gasteiger partial charge in [0.15, 0.2) is 0 Å². The first kappa shape index (κ1) is 23.2. The molecule has 1 saturated carbocycles. The Morgan fingerprint density at radius 3 is 2.24 bits per heavy atom. The van der Waals surface area contributed by atoms with Crippen molar-refractivity contribution in [2.45, 2.75) is 32.7 Å². The van der Waals surface area contributed by atoms with Crippen molar-refractivity contribution in [3.63, 3.8) is 0 Å². The van der Waals surface area contributed by atoms with Gasteiger partial charge in [-0.05, 0) is 49.6 Å². The molecule has 178 valence electrons. The SMILES string of the molecule is CC(=O)N1CCN(c2ccc(C(=O)Nc3cc(C(=O)NC4CC4)ccc3C)cc2[N+](=O)[O-])CC1. The van der Waals surface area contributed by atoms with Gasteiger partial charge < -0.3 is 20.4 Å². The van der Waals surface area contributed by atoms with Crippen molar-refractivity contribution in [3.8, 4) is 0 Å². The molecule has 2 aromatic carbocycles. The van der Waals surface area contributed by atoms with Gasteiger partial charge in [-0.2, -0.15) is 0 Å². The molecule has 10 nitrogen and oxygen atoms in total. The molecule has 2 aromatic rings. The standard InChI is InChI=1S/C24H27N5O5/c1-15-3-4-17(23(31)25-19-6-7-19)13-20(15)26-24(32)18-5-8-21(22(14-18)29(33)34)28-11-9-27(10-12-28)16(2)30/h3-5,8,13-14,19H,6-7,9-12H2,1-2H3,(H,25,31)(H,26,32). The largest absolute Gasteiger partial charge is 0.362 e. The van der Waals surface area contributed by atoms with E-state index in [9.17, 15) is 24.5 Å². The number of hydrogen-bond acceptors (Lipinski definition) is 6. The molecule has 10 heteroatoms. The van der Waals surface area contributed by atoms with Crippen LogP contribution >= 0.6 is 0 Å². The molecule has 34 heavy (non-hydrogen) atoms. The van der Waals surface area contributed by atoms with E-state index in [1.165, 1.54) is 13.0 Å². The predicted molar refractivity (Wildman–Crippen MR) is 127 cm³/mol. The lowest BCUT2D eigenvalue weighted by Crippen LogP contribution is -2.48. The van der Waals surface area contributed by atoms with Gasteiger partial charge in [-0.25, -0.2) is 0 Å². The van der Waals surface area contributed by atoms with Crippen LogP contribution in [0.5, 0.6) is 0 Å². The number of amides is 3. The second kappa shape index (κ2) is 9.50. The molecular formula is C24H27N5O5. The van der Waals surface area contributed by atoms with Crippen LogP contribution in [0.1, 0.15) is 46.0 Å². The fourth-order valence-corrected chi connectivity index (χ4v) is 3.93. The molecule has 0 bridgehead atoms. The molecule has 0 atom stereocenters. The molecule has 0 spiro atoms. The zero-order chi connectivity index (χ0) is 24.4. The number of nitrogens with one attached hydrogen (secondary N) is 2. The Balaban J connectivity index is 1.51. The van der Waals surface area contributed by atoms with E-state index in [-0.39, 0.29) is 29.1 Å². The minimum Gasteiger partial charge on any atom is -0.362 e. The summed E-state index contributed by atoms with van der Waals surface area (Å²) in [5, 5.41) is 17.5. The van der Waals surface area contributed by atoms with Gasteiger partial charge in [0, 0.05) is 62.0 Å². The zero-order valence-electron chi connectivity index (χ0n) is 19.2. The molecule has 1 aliphatic heterocycles. The van der Waals surface area contributed by atoms with Crippen LogP contribution in [0.4, 0.5) is 17.1 Å². The Kier molecular flexibility index (Phi) is 6.49. The normalized spacial score (nSPS) is 15.6. The lowest BCUT2D eigenvalue weighted by atomic mass is 10.1. The first-order chi connectivity index (χ1) is 16.2. The Labute approximate surface area is 197 Å². The second-order valence-electron chi connectivity index (χ2n) is 8.69. The smallest absolute Gasteiger partial charge is 0.293 e. The van der Waals surface area contributed by atoms with Gasteiger partial charge in [0.05, 0.1) is 4.92 Å². The molecule has 2 fully saturated rings. The van der Waals surface area contributed by atoms with E-state index in [4.69, 9.17) is 0 Å². The first-order valence-electron chi connectivity index (χ1n) is 11.2. The van der Waals surface area contributed by atoms with Crippen molar-refractivity contribution in [2.75, 3.05) is 36.4 Å². The predicted octanol–water partition coefficient (Wildman–Crippen LogP) is 2.72. The van der Waals surface area contributed by atoms with Crippen LogP contribution in [0.25, 0.3) is 0 Å². The summed E-state index contributed by atoms with van der Waals surface area (Å²) in [7, 11) is 0. The monoisotopic (exact) mass is 465 g/mol. The molecule has 1 saturated heterocycles. The van der Waals surface area contributed by atoms with Crippen molar-refractivity contribution in [1.29, 1.82) is 0 Å². The van der Waals surface area contributed by atoms with E-state index in [0.29, 0.717) is 43.1 Å². The van der Waals surface area contributed by atoms with Crippen LogP contribution in [-0.4, -0.2) is 59.8 Å². The number of aryl methyl sites for hydroxylation is 1. The number of anilines is 2. The van der Waals surface area contributed by atoms with Gasteiger partial charge in [-0.15, -0.1) is 0 Å². The van der Waals surface area contributed by atoms with E-state index < -0.39 is 10.8 Å². The number of benzene rings is 2. The van der Waals surface area contributed by atoms with Gasteiger partial charge in [0.2, 0.25) is 5.91 Å². The van der Waals surface area contributed by atoms with Crippen molar-refractivity contribution < 1.29 is 19.3 Å². The number of carbonyl (C=O) groups excluding carboxylic acids is 3. The van der Waals surface area contributed by atoms with Crippen molar-refractivity contribution in [2.24, 2.45) is 0 Å². The number of carbonyl (C=O) groups is 3. The highest BCUT2D eigenvalue weighted by Crippen LogP contribution is 2.31. The lowest BCUT2D eigenvalue weighted by Gasteiger charge is -2.35. The summed E-state index contributed by atoms with van der Waals surface area (Å²) >= 11 is 0. The Bertz CT molecular complexity index is 1150. The van der Waals surface area contributed by atoms with Crippen molar-refractivity contribution in [3.05, 3.63) is 63.2 Å². The van der Waals surface area contributed by atoms with E-state index in [2.05, 4.69) is 10.6 Å². The minimum absolute atomic E-state index is 0.0226. The molecule has 1 aliphatic carbocycles. The molecule has 2 aliphatic rings. The third-order valence-electron chi connectivity index (χ3n) is 6.16. The van der Waals surface area contributed by atoms with Crippen LogP contribution in [0.15, 0.2) is 36.4 Å². The third-order valence-corrected chi connectivity index (χ3v) is 6.16. The fourth-order valence-electron chi connectivity index (χ4n) is 3.93. The van der Waals surface area contributed by atoms with Crippen molar-refractivity contribution >= 4 is 34.8 Å². The number of nitrogens with zero attached hydrogens (tertiary/aromatic N) is 3. The maximum absolute atomic E-state index is 12.9. The highest BCUT2D eigenvalue weighted by molar-refractivity contribution is 6.06. The van der Waals surface area contributed by atoms with E-state index in [1.54, 1.807) is 35.2 Å². The summed E-state index contributed by atoms with van der Waals surface area (Å²) in [6.07, 6.45) is 1.95. The van der Waals surface area contributed by atoms with Gasteiger partial charge in [-0.3, -0.25) is 24.5 Å². The Hall–Kier alpha value is -3.95. The highest BCUT2D eigenvalue weighted by atomic mass is 16.6. The number of hydrogen-bond donors (Lipinski definition) is 2. The summed E-state index contributed by atoms with van der Waals surface area (Å²) in [6, 6.07) is 9.68. The second-order valence-corrected chi connectivity index (χ2v) is 8.69. The van der Waals surface area contributed by atoms with Crippen LogP contribution < -0.4 is 15.5 Å². The number of nitro benzene ring substituents is 1. The average Bonchev–Trinajstić information content (AvgIpc) is 3.64. The summed E-state index contributed by atoms with van der Waals surface area (Å²) in [5.41, 5.74) is 2.08. The zero-order valence-corrected chi connectivity index (χ0v) is 19.2. The van der Waals surface area contributed by atoms with Gasteiger partial charge in [-0.1, -0.05) is 6.07 Å². The minimum atomic E-state index is -0.502. The van der Waals surface area contributed by atoms with Crippen LogP contribution in [0.3, 0.4) is 0 Å². The maximum Gasteiger partial charge on any atom is 0.293 e. The Morgan fingerprint density at radius 2 is 1.62 bits per heavy atom. The van der Waals surface area contributed by atoms with Gasteiger partial charge >= 0.3 is 0 Å². The first-order valence-corrected chi connectivity index (χ1v) is 11.2. The molecule has 0 unspecified atom stereocenters. The van der Waals surface area contributed by atoms with E-state index in [1.807, 2.05) is 11.8 Å². The molecular weight excluding hydrogens is 438 g/mol. The number of piperazine rings is 1. The van der Waals surface area contributed by atoms with Crippen LogP contribution in [0.2, 0.25) is 0 Å². The number of nitro groups is 1. The third kappa shape index (κ3) is 5.16. The van der Waals surface area contributed by atoms with E-state index >= 15 is 0 Å². The fraction of sp³-hybridized carbons (Fsp3) is 0.375. The van der Waals surface area contributed by atoms with Crippen LogP contribution in [0, 0.1) is 17.0 Å². The molecule has 4 rings (SSSR count). The van der Waals surface area contributed by atoms with Crippen molar-refractivity contribution in [1.82, 2.24) is 10.2 Å². The van der Waals surface area contributed by atoms with Gasteiger partial charge in [0.1, 0.15) is 5.69 Å². The molecule has 3 amide bonds. The summed E-state index contributed by atoms with van der Waals surface area (Å²) < 4.78 is 0. The molecule has 0 aromatic heterocycles. The number of rotatable bonds is 6. The molecule has 2 N–H and O–H groups in total. The molecule has 0 radical (unpaired) electrons. The molecule has 1 heterocycles. The van der Waals surface area contributed by atoms with Gasteiger partial charge in [0.25, 0.3) is 17.5 Å². The maximum atomic E-state index is 12.9. The quantitative estimate of drug-likeness (QED) is 0.499. The average molecular weight is 466 g/mol.